The van der Waals surface area contributed by atoms with Gasteiger partial charge in [-0.1, -0.05) is 17.7 Å². The van der Waals surface area contributed by atoms with Gasteiger partial charge in [0, 0.05) is 5.02 Å². The highest BCUT2D eigenvalue weighted by Crippen LogP contribution is 2.33. The van der Waals surface area contributed by atoms with Crippen molar-refractivity contribution in [1.29, 1.82) is 0 Å². The van der Waals surface area contributed by atoms with E-state index in [2.05, 4.69) is 10.3 Å². The van der Waals surface area contributed by atoms with Crippen molar-refractivity contribution in [3.05, 3.63) is 81.6 Å². The zero-order chi connectivity index (χ0) is 23.4. The minimum Gasteiger partial charge on any atom is -0.493 e. The number of carbonyl (C=O) groups excluding carboxylic acids is 1. The van der Waals surface area contributed by atoms with Crippen LogP contribution in [0, 0.1) is 0 Å². The number of amides is 1. The second kappa shape index (κ2) is 9.85. The van der Waals surface area contributed by atoms with E-state index in [0.717, 1.165) is 5.56 Å². The average molecular weight is 485 g/mol. The predicted molar refractivity (Wildman–Crippen MR) is 125 cm³/mol. The van der Waals surface area contributed by atoms with Crippen LogP contribution in [-0.4, -0.2) is 29.3 Å². The topological polar surface area (TPSA) is 110 Å². The molecule has 2 aromatic carbocycles. The number of aromatic carboxylic acids is 1. The summed E-state index contributed by atoms with van der Waals surface area (Å²) in [6, 6.07) is 15.1. The molecule has 1 aromatic heterocycles. The number of carboxylic acid groups (broad SMARTS) is 1. The fourth-order valence-electron chi connectivity index (χ4n) is 2.88. The lowest BCUT2D eigenvalue weighted by Crippen LogP contribution is -2.19. The summed E-state index contributed by atoms with van der Waals surface area (Å²) in [6.07, 6.45) is 1.72. The van der Waals surface area contributed by atoms with Gasteiger partial charge in [-0.3, -0.25) is 4.79 Å². The van der Waals surface area contributed by atoms with E-state index >= 15 is 0 Å². The summed E-state index contributed by atoms with van der Waals surface area (Å²) >= 11 is 7.11. The Morgan fingerprint density at radius 3 is 2.67 bits per heavy atom. The van der Waals surface area contributed by atoms with Gasteiger partial charge >= 0.3 is 5.97 Å². The zero-order valence-corrected chi connectivity index (χ0v) is 18.8. The van der Waals surface area contributed by atoms with Crippen molar-refractivity contribution in [3.63, 3.8) is 0 Å². The van der Waals surface area contributed by atoms with Gasteiger partial charge in [-0.15, -0.1) is 0 Å². The number of thioether (sulfide) groups is 1. The molecule has 0 unspecified atom stereocenters. The molecule has 168 valence electrons. The molecule has 0 atom stereocenters. The van der Waals surface area contributed by atoms with Crippen LogP contribution in [0.25, 0.3) is 6.08 Å². The zero-order valence-electron chi connectivity index (χ0n) is 17.2. The summed E-state index contributed by atoms with van der Waals surface area (Å²) < 4.78 is 16.3. The van der Waals surface area contributed by atoms with Crippen molar-refractivity contribution in [1.82, 2.24) is 5.32 Å². The van der Waals surface area contributed by atoms with Gasteiger partial charge in [-0.2, -0.15) is 0 Å². The molecule has 33 heavy (non-hydrogen) atoms. The molecule has 1 aliphatic rings. The number of halogens is 1. The SMILES string of the molecule is COc1cc(/C=C2\SC(=Nc3ccc(Cl)cc3)NC2=O)ccc1OCc1ccc(C(=O)O)o1. The molecule has 8 nitrogen and oxygen atoms in total. The lowest BCUT2D eigenvalue weighted by molar-refractivity contribution is -0.115. The molecule has 2 N–H and O–H groups in total. The van der Waals surface area contributed by atoms with Gasteiger partial charge in [-0.25, -0.2) is 9.79 Å². The van der Waals surface area contributed by atoms with Crippen molar-refractivity contribution < 1.29 is 28.6 Å². The summed E-state index contributed by atoms with van der Waals surface area (Å²) in [5, 5.41) is 12.8. The number of furan rings is 1. The van der Waals surface area contributed by atoms with Crippen LogP contribution in [-0.2, 0) is 11.4 Å². The van der Waals surface area contributed by atoms with E-state index in [4.69, 9.17) is 30.6 Å². The van der Waals surface area contributed by atoms with Gasteiger partial charge < -0.3 is 24.3 Å². The van der Waals surface area contributed by atoms with Crippen molar-refractivity contribution in [2.75, 3.05) is 7.11 Å². The maximum absolute atomic E-state index is 12.4. The molecule has 10 heteroatoms. The Labute approximate surface area is 197 Å². The van der Waals surface area contributed by atoms with Gasteiger partial charge in [0.05, 0.1) is 17.7 Å². The van der Waals surface area contributed by atoms with Crippen LogP contribution < -0.4 is 14.8 Å². The second-order valence-corrected chi connectivity index (χ2v) is 8.20. The normalized spacial score (nSPS) is 15.6. The highest BCUT2D eigenvalue weighted by Gasteiger charge is 2.24. The smallest absolute Gasteiger partial charge is 0.371 e. The molecule has 1 amide bonds. The lowest BCUT2D eigenvalue weighted by atomic mass is 10.2. The van der Waals surface area contributed by atoms with Gasteiger partial charge in [0.2, 0.25) is 5.76 Å². The van der Waals surface area contributed by atoms with Crippen LogP contribution in [0.2, 0.25) is 5.02 Å². The van der Waals surface area contributed by atoms with Crippen LogP contribution in [0.3, 0.4) is 0 Å². The number of aliphatic imine (C=N–C) groups is 1. The molecular formula is C23H17ClN2O6S. The molecule has 1 saturated heterocycles. The summed E-state index contributed by atoms with van der Waals surface area (Å²) in [5.74, 6) is -0.291. The number of methoxy groups -OCH3 is 1. The van der Waals surface area contributed by atoms with Crippen LogP contribution in [0.4, 0.5) is 5.69 Å². The number of hydrogen-bond donors (Lipinski definition) is 2. The van der Waals surface area contributed by atoms with E-state index in [-0.39, 0.29) is 18.3 Å². The van der Waals surface area contributed by atoms with Crippen molar-refractivity contribution >= 4 is 52.2 Å². The number of benzene rings is 2. The molecule has 2 heterocycles. The third kappa shape index (κ3) is 5.57. The van der Waals surface area contributed by atoms with Gasteiger partial charge in [0.25, 0.3) is 5.91 Å². The number of ether oxygens (including phenoxy) is 2. The molecule has 4 rings (SSSR count). The second-order valence-electron chi connectivity index (χ2n) is 6.73. The quantitative estimate of drug-likeness (QED) is 0.448. The number of carboxylic acids is 1. The Morgan fingerprint density at radius 1 is 1.18 bits per heavy atom. The number of nitrogens with one attached hydrogen (secondary N) is 1. The van der Waals surface area contributed by atoms with Gasteiger partial charge in [0.15, 0.2) is 16.7 Å². The Balaban J connectivity index is 1.47. The van der Waals surface area contributed by atoms with Gasteiger partial charge in [-0.05, 0) is 71.9 Å². The first-order valence-corrected chi connectivity index (χ1v) is 10.8. The molecule has 3 aromatic rings. The van der Waals surface area contributed by atoms with E-state index in [1.807, 2.05) is 0 Å². The molecule has 1 fully saturated rings. The molecule has 0 radical (unpaired) electrons. The highest BCUT2D eigenvalue weighted by atomic mass is 35.5. The van der Waals surface area contributed by atoms with E-state index < -0.39 is 5.97 Å². The predicted octanol–water partition coefficient (Wildman–Crippen LogP) is 5.11. The maximum atomic E-state index is 12.4. The number of carbonyl (C=O) groups is 2. The average Bonchev–Trinajstić information content (AvgIpc) is 3.41. The maximum Gasteiger partial charge on any atom is 0.371 e. The Hall–Kier alpha value is -3.69. The molecule has 0 spiro atoms. The summed E-state index contributed by atoms with van der Waals surface area (Å²) in [6.45, 7) is 0.0346. The number of hydrogen-bond acceptors (Lipinski definition) is 7. The Bertz CT molecular complexity index is 1270. The number of nitrogens with zero attached hydrogens (tertiary/aromatic N) is 1. The van der Waals surface area contributed by atoms with E-state index in [9.17, 15) is 9.59 Å². The van der Waals surface area contributed by atoms with Crippen LogP contribution in [0.1, 0.15) is 21.9 Å². The van der Waals surface area contributed by atoms with Crippen LogP contribution in [0.15, 0.2) is 68.9 Å². The number of amidine groups is 1. The van der Waals surface area contributed by atoms with E-state index in [1.165, 1.54) is 31.0 Å². The molecule has 0 saturated carbocycles. The first kappa shape index (κ1) is 22.5. The summed E-state index contributed by atoms with van der Waals surface area (Å²) in [7, 11) is 1.50. The first-order chi connectivity index (χ1) is 15.9. The van der Waals surface area contributed by atoms with Crippen LogP contribution >= 0.6 is 23.4 Å². The Kier molecular flexibility index (Phi) is 6.71. The standard InChI is InChI=1S/C23H17ClN2O6S/c1-30-19-10-13(2-8-17(19)31-12-16-7-9-18(32-16)22(28)29)11-20-21(27)26-23(33-20)25-15-5-3-14(24)4-6-15/h2-11H,12H2,1H3,(H,28,29)(H,25,26,27)/b20-11-. The molecule has 0 bridgehead atoms. The summed E-state index contributed by atoms with van der Waals surface area (Å²) in [4.78, 5) is 28.2. The number of rotatable bonds is 7. The van der Waals surface area contributed by atoms with Gasteiger partial charge in [0.1, 0.15) is 12.4 Å². The highest BCUT2D eigenvalue weighted by molar-refractivity contribution is 8.18. The Morgan fingerprint density at radius 2 is 1.97 bits per heavy atom. The first-order valence-electron chi connectivity index (χ1n) is 9.59. The van der Waals surface area contributed by atoms with Crippen molar-refractivity contribution in [2.24, 2.45) is 4.99 Å². The van der Waals surface area contributed by atoms with Crippen molar-refractivity contribution in [3.8, 4) is 11.5 Å². The fourth-order valence-corrected chi connectivity index (χ4v) is 3.85. The lowest BCUT2D eigenvalue weighted by Gasteiger charge is -2.10. The fraction of sp³-hybridized carbons (Fsp3) is 0.0870. The third-order valence-electron chi connectivity index (χ3n) is 4.44. The minimum absolute atomic E-state index is 0.0346. The summed E-state index contributed by atoms with van der Waals surface area (Å²) in [5.41, 5.74) is 1.41. The van der Waals surface area contributed by atoms with E-state index in [0.29, 0.717) is 38.0 Å². The molecular weight excluding hydrogens is 468 g/mol. The largest absolute Gasteiger partial charge is 0.493 e. The van der Waals surface area contributed by atoms with E-state index in [1.54, 1.807) is 48.5 Å². The third-order valence-corrected chi connectivity index (χ3v) is 5.60. The van der Waals surface area contributed by atoms with Crippen molar-refractivity contribution in [2.45, 2.75) is 6.61 Å². The van der Waals surface area contributed by atoms with Crippen LogP contribution in [0.5, 0.6) is 11.5 Å². The monoisotopic (exact) mass is 484 g/mol. The minimum atomic E-state index is -1.15. The molecule has 1 aliphatic heterocycles. The molecule has 0 aliphatic carbocycles.